The van der Waals surface area contributed by atoms with E-state index in [-0.39, 0.29) is 0 Å². The fourth-order valence-electron chi connectivity index (χ4n) is 2.38. The third-order valence-electron chi connectivity index (χ3n) is 3.47. The Morgan fingerprint density at radius 3 is 2.94 bits per heavy atom. The molecule has 1 saturated heterocycles. The molecule has 0 saturated carbocycles. The van der Waals surface area contributed by atoms with Gasteiger partial charge in [0.25, 0.3) is 0 Å². The molecule has 0 spiro atoms. The van der Waals surface area contributed by atoms with Crippen LogP contribution in [-0.2, 0) is 18.3 Å². The second-order valence-corrected chi connectivity index (χ2v) is 5.30. The van der Waals surface area contributed by atoms with Gasteiger partial charge in [0.15, 0.2) is 0 Å². The van der Waals surface area contributed by atoms with Crippen molar-refractivity contribution in [3.63, 3.8) is 0 Å². The fraction of sp³-hybridized carbons (Fsp3) is 0.769. The number of aryl methyl sites for hydroxylation is 2. The Labute approximate surface area is 114 Å². The molecule has 0 radical (unpaired) electrons. The number of halogens is 1. The Morgan fingerprint density at radius 2 is 2.33 bits per heavy atom. The highest BCUT2D eigenvalue weighted by atomic mass is 35.5. The van der Waals surface area contributed by atoms with Crippen LogP contribution in [0.15, 0.2) is 0 Å². The Kier molecular flexibility index (Phi) is 5.03. The van der Waals surface area contributed by atoms with Crippen LogP contribution in [-0.4, -0.2) is 29.0 Å². The normalized spacial score (nSPS) is 20.3. The van der Waals surface area contributed by atoms with Gasteiger partial charge >= 0.3 is 0 Å². The molecular formula is C13H22ClN3O. The van der Waals surface area contributed by atoms with Crippen molar-refractivity contribution in [1.82, 2.24) is 15.1 Å². The summed E-state index contributed by atoms with van der Waals surface area (Å²) >= 11 is 6.19. The van der Waals surface area contributed by atoms with Gasteiger partial charge < -0.3 is 10.1 Å². The number of hydrogen-bond acceptors (Lipinski definition) is 3. The zero-order valence-electron chi connectivity index (χ0n) is 11.2. The summed E-state index contributed by atoms with van der Waals surface area (Å²) in [4.78, 5) is 0. The summed E-state index contributed by atoms with van der Waals surface area (Å²) in [6.07, 6.45) is 5.24. The SMILES string of the molecule is Cc1nn(C)c(CNCCC2CCCCO2)c1Cl. The summed E-state index contributed by atoms with van der Waals surface area (Å²) in [5.74, 6) is 0. The zero-order chi connectivity index (χ0) is 13.0. The first kappa shape index (κ1) is 13.8. The lowest BCUT2D eigenvalue weighted by molar-refractivity contribution is 0.0115. The van der Waals surface area contributed by atoms with Crippen LogP contribution >= 0.6 is 11.6 Å². The summed E-state index contributed by atoms with van der Waals surface area (Å²) in [6, 6.07) is 0. The average Bonchev–Trinajstić information content (AvgIpc) is 2.61. The van der Waals surface area contributed by atoms with E-state index in [1.165, 1.54) is 19.3 Å². The molecule has 0 aromatic carbocycles. The largest absolute Gasteiger partial charge is 0.378 e. The van der Waals surface area contributed by atoms with E-state index in [2.05, 4.69) is 10.4 Å². The van der Waals surface area contributed by atoms with Crippen LogP contribution in [0.5, 0.6) is 0 Å². The van der Waals surface area contributed by atoms with Gasteiger partial charge in [0.2, 0.25) is 0 Å². The van der Waals surface area contributed by atoms with E-state index >= 15 is 0 Å². The molecule has 0 amide bonds. The third-order valence-corrected chi connectivity index (χ3v) is 3.96. The number of nitrogens with zero attached hydrogens (tertiary/aromatic N) is 2. The predicted molar refractivity (Wildman–Crippen MR) is 72.9 cm³/mol. The Bertz CT molecular complexity index is 386. The number of nitrogens with one attached hydrogen (secondary N) is 1. The number of hydrogen-bond donors (Lipinski definition) is 1. The molecule has 1 atom stereocenters. The van der Waals surface area contributed by atoms with Gasteiger partial charge in [-0.15, -0.1) is 0 Å². The second-order valence-electron chi connectivity index (χ2n) is 4.92. The van der Waals surface area contributed by atoms with Crippen molar-refractivity contribution in [1.29, 1.82) is 0 Å². The lowest BCUT2D eigenvalue weighted by atomic mass is 10.1. The van der Waals surface area contributed by atoms with Crippen LogP contribution in [0.2, 0.25) is 5.02 Å². The molecule has 5 heteroatoms. The van der Waals surface area contributed by atoms with E-state index in [4.69, 9.17) is 16.3 Å². The van der Waals surface area contributed by atoms with Crippen molar-refractivity contribution in [2.75, 3.05) is 13.2 Å². The van der Waals surface area contributed by atoms with Crippen LogP contribution in [0, 0.1) is 6.92 Å². The van der Waals surface area contributed by atoms with Crippen molar-refractivity contribution in [3.05, 3.63) is 16.4 Å². The van der Waals surface area contributed by atoms with Crippen molar-refractivity contribution in [2.24, 2.45) is 7.05 Å². The third kappa shape index (κ3) is 3.46. The van der Waals surface area contributed by atoms with Crippen molar-refractivity contribution in [3.8, 4) is 0 Å². The monoisotopic (exact) mass is 271 g/mol. The second kappa shape index (κ2) is 6.55. The van der Waals surface area contributed by atoms with Crippen LogP contribution in [0.1, 0.15) is 37.1 Å². The summed E-state index contributed by atoms with van der Waals surface area (Å²) in [5, 5.41) is 8.49. The molecule has 4 nitrogen and oxygen atoms in total. The van der Waals surface area contributed by atoms with E-state index in [0.29, 0.717) is 6.10 Å². The number of rotatable bonds is 5. The Morgan fingerprint density at radius 1 is 1.50 bits per heavy atom. The molecule has 1 N–H and O–H groups in total. The van der Waals surface area contributed by atoms with Gasteiger partial charge in [0, 0.05) is 20.2 Å². The lowest BCUT2D eigenvalue weighted by Crippen LogP contribution is -2.25. The molecule has 2 rings (SSSR count). The van der Waals surface area contributed by atoms with E-state index in [1.807, 2.05) is 18.7 Å². The van der Waals surface area contributed by atoms with Gasteiger partial charge in [-0.25, -0.2) is 0 Å². The molecule has 1 unspecified atom stereocenters. The number of ether oxygens (including phenoxy) is 1. The molecule has 1 aliphatic heterocycles. The topological polar surface area (TPSA) is 39.1 Å². The predicted octanol–water partition coefficient (Wildman–Crippen LogP) is 2.43. The summed E-state index contributed by atoms with van der Waals surface area (Å²) < 4.78 is 7.55. The van der Waals surface area contributed by atoms with Crippen LogP contribution in [0.4, 0.5) is 0 Å². The Hall–Kier alpha value is -0.580. The maximum Gasteiger partial charge on any atom is 0.0860 e. The van der Waals surface area contributed by atoms with E-state index in [1.54, 1.807) is 0 Å². The van der Waals surface area contributed by atoms with E-state index in [9.17, 15) is 0 Å². The highest BCUT2D eigenvalue weighted by Crippen LogP contribution is 2.19. The maximum atomic E-state index is 6.19. The van der Waals surface area contributed by atoms with Gasteiger partial charge in [0.05, 0.1) is 22.5 Å². The van der Waals surface area contributed by atoms with Crippen LogP contribution in [0.25, 0.3) is 0 Å². The van der Waals surface area contributed by atoms with E-state index in [0.717, 1.165) is 42.5 Å². The molecule has 102 valence electrons. The van der Waals surface area contributed by atoms with Crippen LogP contribution in [0.3, 0.4) is 0 Å². The van der Waals surface area contributed by atoms with E-state index < -0.39 is 0 Å². The average molecular weight is 272 g/mol. The lowest BCUT2D eigenvalue weighted by Gasteiger charge is -2.22. The van der Waals surface area contributed by atoms with Crippen LogP contribution < -0.4 is 5.32 Å². The minimum Gasteiger partial charge on any atom is -0.378 e. The summed E-state index contributed by atoms with van der Waals surface area (Å²) in [6.45, 7) is 4.59. The fourth-order valence-corrected chi connectivity index (χ4v) is 2.60. The maximum absolute atomic E-state index is 6.19. The minimum absolute atomic E-state index is 0.440. The van der Waals surface area contributed by atoms with Gasteiger partial charge in [-0.3, -0.25) is 4.68 Å². The molecule has 1 aliphatic rings. The van der Waals surface area contributed by atoms with Crippen molar-refractivity contribution < 1.29 is 4.74 Å². The zero-order valence-corrected chi connectivity index (χ0v) is 12.0. The minimum atomic E-state index is 0.440. The molecular weight excluding hydrogens is 250 g/mol. The highest BCUT2D eigenvalue weighted by Gasteiger charge is 2.14. The first-order valence-electron chi connectivity index (χ1n) is 6.68. The molecule has 1 fully saturated rings. The first-order chi connectivity index (χ1) is 8.68. The highest BCUT2D eigenvalue weighted by molar-refractivity contribution is 6.31. The summed E-state index contributed by atoms with van der Waals surface area (Å²) in [5.41, 5.74) is 1.95. The molecule has 0 bridgehead atoms. The van der Waals surface area contributed by atoms with Crippen molar-refractivity contribution >= 4 is 11.6 Å². The molecule has 1 aromatic heterocycles. The molecule has 2 heterocycles. The van der Waals surface area contributed by atoms with Gasteiger partial charge in [-0.1, -0.05) is 11.6 Å². The van der Waals surface area contributed by atoms with Gasteiger partial charge in [-0.2, -0.15) is 5.10 Å². The standard InChI is InChI=1S/C13H22ClN3O/c1-10-13(14)12(17(2)16-10)9-15-7-6-11-5-3-4-8-18-11/h11,15H,3-9H2,1-2H3. The summed E-state index contributed by atoms with van der Waals surface area (Å²) in [7, 11) is 1.93. The first-order valence-corrected chi connectivity index (χ1v) is 7.06. The van der Waals surface area contributed by atoms with Gasteiger partial charge in [0.1, 0.15) is 0 Å². The molecule has 0 aliphatic carbocycles. The smallest absolute Gasteiger partial charge is 0.0860 e. The molecule has 1 aromatic rings. The quantitative estimate of drug-likeness (QED) is 0.836. The Balaban J connectivity index is 1.71. The number of aromatic nitrogens is 2. The molecule has 18 heavy (non-hydrogen) atoms. The van der Waals surface area contributed by atoms with Gasteiger partial charge in [-0.05, 0) is 39.2 Å². The van der Waals surface area contributed by atoms with Crippen molar-refractivity contribution in [2.45, 2.75) is 45.3 Å².